The Morgan fingerprint density at radius 3 is 1.90 bits per heavy atom. The molecule has 0 saturated heterocycles. The van der Waals surface area contributed by atoms with Crippen LogP contribution in [0.25, 0.3) is 77.5 Å². The lowest BCUT2D eigenvalue weighted by Gasteiger charge is -2.28. The molecule has 4 nitrogen and oxygen atoms in total. The Balaban J connectivity index is 1.28. The van der Waals surface area contributed by atoms with Crippen molar-refractivity contribution in [2.45, 2.75) is 0 Å². The van der Waals surface area contributed by atoms with Crippen molar-refractivity contribution in [3.8, 4) is 33.7 Å². The molecule has 51 heavy (non-hydrogen) atoms. The van der Waals surface area contributed by atoms with Crippen LogP contribution in [0.15, 0.2) is 191 Å². The molecule has 0 bridgehead atoms. The zero-order chi connectivity index (χ0) is 33.7. The Morgan fingerprint density at radius 2 is 1.08 bits per heavy atom. The van der Waals surface area contributed by atoms with Crippen molar-refractivity contribution in [1.29, 1.82) is 0 Å². The largest absolute Gasteiger partial charge is 0.456 e. The lowest BCUT2D eigenvalue weighted by Crippen LogP contribution is -2.12. The molecule has 0 saturated carbocycles. The number of hydrogen-bond acceptors (Lipinski definition) is 4. The van der Waals surface area contributed by atoms with Crippen LogP contribution in [0.5, 0.6) is 0 Å². The second-order valence-corrected chi connectivity index (χ2v) is 12.7. The van der Waals surface area contributed by atoms with E-state index in [1.165, 1.54) is 16.3 Å². The van der Waals surface area contributed by atoms with Gasteiger partial charge >= 0.3 is 0 Å². The third kappa shape index (κ3) is 4.88. The highest BCUT2D eigenvalue weighted by Gasteiger charge is 2.27. The van der Waals surface area contributed by atoms with Crippen LogP contribution < -0.4 is 4.90 Å². The van der Waals surface area contributed by atoms with E-state index in [1.54, 1.807) is 0 Å². The fourth-order valence-corrected chi connectivity index (χ4v) is 7.35. The maximum atomic E-state index is 6.83. The van der Waals surface area contributed by atoms with Crippen LogP contribution in [0.1, 0.15) is 0 Å². The van der Waals surface area contributed by atoms with Gasteiger partial charge in [-0.25, -0.2) is 4.98 Å². The number of oxazole rings is 1. The number of nitrogens with zero attached hydrogens (tertiary/aromatic N) is 2. The van der Waals surface area contributed by atoms with E-state index >= 15 is 0 Å². The monoisotopic (exact) mass is 654 g/mol. The van der Waals surface area contributed by atoms with Crippen LogP contribution in [-0.4, -0.2) is 4.98 Å². The summed E-state index contributed by atoms with van der Waals surface area (Å²) in [7, 11) is 0. The molecule has 0 amide bonds. The van der Waals surface area contributed by atoms with Crippen LogP contribution in [0, 0.1) is 0 Å². The Labute approximate surface area is 294 Å². The minimum atomic E-state index is 0.561. The third-order valence-corrected chi connectivity index (χ3v) is 9.70. The summed E-state index contributed by atoms with van der Waals surface area (Å²) in [5.41, 5.74) is 11.3. The van der Waals surface area contributed by atoms with E-state index in [-0.39, 0.29) is 0 Å². The van der Waals surface area contributed by atoms with Crippen LogP contribution in [-0.2, 0) is 0 Å². The maximum Gasteiger partial charge on any atom is 0.227 e. The predicted octanol–water partition coefficient (Wildman–Crippen LogP) is 13.4. The molecule has 8 aromatic carbocycles. The van der Waals surface area contributed by atoms with Crippen molar-refractivity contribution >= 4 is 60.9 Å². The maximum absolute atomic E-state index is 6.83. The van der Waals surface area contributed by atoms with Crippen LogP contribution >= 0.6 is 0 Å². The van der Waals surface area contributed by atoms with E-state index < -0.39 is 0 Å². The molecule has 10 rings (SSSR count). The Morgan fingerprint density at radius 1 is 0.451 bits per heavy atom. The SMILES string of the molecule is c1ccc(-c2nc3cc4oc5ccccc5c4c(N(c4ccc(-c5cccc6ccccc56)cc4)c4ccccc4-c4ccccc4)c3o2)cc1. The highest BCUT2D eigenvalue weighted by molar-refractivity contribution is 6.20. The van der Waals surface area contributed by atoms with Gasteiger partial charge in [-0.2, -0.15) is 0 Å². The lowest BCUT2D eigenvalue weighted by atomic mass is 9.97. The number of hydrogen-bond donors (Lipinski definition) is 0. The fourth-order valence-electron chi connectivity index (χ4n) is 7.35. The lowest BCUT2D eigenvalue weighted by molar-refractivity contribution is 0.620. The van der Waals surface area contributed by atoms with Gasteiger partial charge in [-0.05, 0) is 63.9 Å². The molecule has 0 radical (unpaired) electrons. The van der Waals surface area contributed by atoms with Gasteiger partial charge in [0, 0.05) is 28.3 Å². The number of furan rings is 1. The highest BCUT2D eigenvalue weighted by atomic mass is 16.4. The molecule has 0 aliphatic rings. The predicted molar refractivity (Wildman–Crippen MR) is 210 cm³/mol. The average molecular weight is 655 g/mol. The van der Waals surface area contributed by atoms with Crippen molar-refractivity contribution in [2.24, 2.45) is 0 Å². The standard InChI is InChI=1S/C47H30N2O2/c1-3-14-32(15-4-1)38-21-9-11-24-41(38)49(35-28-26-33(27-29-35)37-23-13-19-31-16-7-8-20-36(31)37)45-44-39-22-10-12-25-42(39)50-43(44)30-40-46(45)51-47(48-40)34-17-5-2-6-18-34/h1-30H. The first-order valence-electron chi connectivity index (χ1n) is 17.1. The van der Waals surface area contributed by atoms with E-state index in [2.05, 4.69) is 138 Å². The zero-order valence-electron chi connectivity index (χ0n) is 27.5. The molecule has 0 atom stereocenters. The van der Waals surface area contributed by atoms with E-state index in [0.29, 0.717) is 11.5 Å². The second-order valence-electron chi connectivity index (χ2n) is 12.7. The molecule has 2 aromatic heterocycles. The second kappa shape index (κ2) is 11.9. The van der Waals surface area contributed by atoms with Gasteiger partial charge in [-0.1, -0.05) is 140 Å². The number of fused-ring (bicyclic) bond motifs is 5. The molecule has 4 heteroatoms. The summed E-state index contributed by atoms with van der Waals surface area (Å²) in [6.45, 7) is 0. The molecular formula is C47H30N2O2. The smallest absolute Gasteiger partial charge is 0.227 e. The van der Waals surface area contributed by atoms with E-state index in [0.717, 1.165) is 66.8 Å². The number of aromatic nitrogens is 1. The van der Waals surface area contributed by atoms with Crippen LogP contribution in [0.3, 0.4) is 0 Å². The molecule has 0 spiro atoms. The fraction of sp³-hybridized carbons (Fsp3) is 0. The van der Waals surface area contributed by atoms with Crippen LogP contribution in [0.2, 0.25) is 0 Å². The molecule has 0 aliphatic heterocycles. The van der Waals surface area contributed by atoms with Crippen molar-refractivity contribution in [2.75, 3.05) is 4.90 Å². The van der Waals surface area contributed by atoms with E-state index in [9.17, 15) is 0 Å². The summed E-state index contributed by atoms with van der Waals surface area (Å²) < 4.78 is 13.4. The molecule has 0 aliphatic carbocycles. The molecule has 240 valence electrons. The Bertz CT molecular complexity index is 2850. The first kappa shape index (κ1) is 29.0. The molecule has 2 heterocycles. The minimum absolute atomic E-state index is 0.561. The van der Waals surface area contributed by atoms with Crippen molar-refractivity contribution in [1.82, 2.24) is 4.98 Å². The Hall–Kier alpha value is -6.91. The Kier molecular flexibility index (Phi) is 6.78. The van der Waals surface area contributed by atoms with Gasteiger partial charge in [-0.15, -0.1) is 0 Å². The molecule has 0 N–H and O–H groups in total. The van der Waals surface area contributed by atoms with Gasteiger partial charge in [0.25, 0.3) is 0 Å². The molecular weight excluding hydrogens is 625 g/mol. The molecule has 0 fully saturated rings. The van der Waals surface area contributed by atoms with E-state index in [4.69, 9.17) is 13.8 Å². The van der Waals surface area contributed by atoms with Crippen molar-refractivity contribution < 1.29 is 8.83 Å². The van der Waals surface area contributed by atoms with Gasteiger partial charge in [0.15, 0.2) is 5.58 Å². The third-order valence-electron chi connectivity index (χ3n) is 9.70. The van der Waals surface area contributed by atoms with Gasteiger partial charge < -0.3 is 13.7 Å². The summed E-state index contributed by atoms with van der Waals surface area (Å²) in [5, 5.41) is 4.43. The van der Waals surface area contributed by atoms with E-state index in [1.807, 2.05) is 48.5 Å². The first-order valence-corrected chi connectivity index (χ1v) is 17.1. The summed E-state index contributed by atoms with van der Waals surface area (Å²) in [6, 6.07) is 63.3. The topological polar surface area (TPSA) is 42.4 Å². The molecule has 0 unspecified atom stereocenters. The van der Waals surface area contributed by atoms with Gasteiger partial charge in [0.1, 0.15) is 22.4 Å². The van der Waals surface area contributed by atoms with Gasteiger partial charge in [-0.3, -0.25) is 0 Å². The number of anilines is 3. The van der Waals surface area contributed by atoms with Crippen LogP contribution in [0.4, 0.5) is 17.1 Å². The minimum Gasteiger partial charge on any atom is -0.456 e. The first-order chi connectivity index (χ1) is 25.3. The molecule has 10 aromatic rings. The quantitative estimate of drug-likeness (QED) is 0.179. The summed E-state index contributed by atoms with van der Waals surface area (Å²) >= 11 is 0. The average Bonchev–Trinajstić information content (AvgIpc) is 3.80. The van der Waals surface area contributed by atoms with Gasteiger partial charge in [0.2, 0.25) is 5.89 Å². The number of para-hydroxylation sites is 2. The summed E-state index contributed by atoms with van der Waals surface area (Å²) in [5.74, 6) is 0.561. The summed E-state index contributed by atoms with van der Waals surface area (Å²) in [6.07, 6.45) is 0. The highest BCUT2D eigenvalue weighted by Crippen LogP contribution is 2.50. The zero-order valence-corrected chi connectivity index (χ0v) is 27.5. The van der Waals surface area contributed by atoms with Crippen molar-refractivity contribution in [3.63, 3.8) is 0 Å². The van der Waals surface area contributed by atoms with Crippen molar-refractivity contribution in [3.05, 3.63) is 182 Å². The normalized spacial score (nSPS) is 11.5. The van der Waals surface area contributed by atoms with Gasteiger partial charge in [0.05, 0.1) is 11.1 Å². The number of rotatable bonds is 6. The summed E-state index contributed by atoms with van der Waals surface area (Å²) in [4.78, 5) is 7.36. The number of benzene rings is 8.